The van der Waals surface area contributed by atoms with Crippen molar-refractivity contribution in [1.82, 2.24) is 0 Å². The standard InChI is InChI=1S/C10H18BClO2/c1-8(6-7-12)11-13-9(2,3)10(4,5)14-11/h1,6-7H2,2-5H3. The van der Waals surface area contributed by atoms with E-state index < -0.39 is 0 Å². The molecule has 0 saturated carbocycles. The minimum Gasteiger partial charge on any atom is -0.400 e. The van der Waals surface area contributed by atoms with Crippen molar-refractivity contribution in [3.8, 4) is 0 Å². The van der Waals surface area contributed by atoms with Crippen LogP contribution in [0.1, 0.15) is 34.1 Å². The van der Waals surface area contributed by atoms with Crippen molar-refractivity contribution >= 4 is 18.7 Å². The van der Waals surface area contributed by atoms with Crippen LogP contribution in [0.25, 0.3) is 0 Å². The molecule has 0 aromatic carbocycles. The number of halogens is 1. The molecule has 1 aliphatic heterocycles. The summed E-state index contributed by atoms with van der Waals surface area (Å²) in [4.78, 5) is 0. The van der Waals surface area contributed by atoms with E-state index in [1.54, 1.807) is 0 Å². The van der Waals surface area contributed by atoms with E-state index >= 15 is 0 Å². The molecule has 4 heteroatoms. The highest BCUT2D eigenvalue weighted by atomic mass is 35.5. The molecule has 0 aliphatic carbocycles. The summed E-state index contributed by atoms with van der Waals surface area (Å²) in [5.74, 6) is 0.558. The molecule has 1 aliphatic rings. The van der Waals surface area contributed by atoms with Crippen LogP contribution in [-0.4, -0.2) is 24.2 Å². The van der Waals surface area contributed by atoms with E-state index in [2.05, 4.69) is 6.58 Å². The fraction of sp³-hybridized carbons (Fsp3) is 0.800. The highest BCUT2D eigenvalue weighted by Gasteiger charge is 2.51. The summed E-state index contributed by atoms with van der Waals surface area (Å²) in [6.45, 7) is 12.0. The zero-order chi connectivity index (χ0) is 11.0. The van der Waals surface area contributed by atoms with Gasteiger partial charge in [0, 0.05) is 5.88 Å². The van der Waals surface area contributed by atoms with Crippen molar-refractivity contribution in [1.29, 1.82) is 0 Å². The minimum atomic E-state index is -0.307. The third-order valence-corrected chi connectivity index (χ3v) is 3.19. The van der Waals surface area contributed by atoms with Crippen LogP contribution in [0.5, 0.6) is 0 Å². The lowest BCUT2D eigenvalue weighted by Gasteiger charge is -2.32. The normalized spacial score (nSPS) is 23.9. The monoisotopic (exact) mass is 216 g/mol. The third kappa shape index (κ3) is 2.15. The van der Waals surface area contributed by atoms with Crippen molar-refractivity contribution in [2.75, 3.05) is 5.88 Å². The predicted octanol–water partition coefficient (Wildman–Crippen LogP) is 2.80. The second kappa shape index (κ2) is 3.88. The zero-order valence-electron chi connectivity index (χ0n) is 9.39. The van der Waals surface area contributed by atoms with E-state index in [-0.39, 0.29) is 18.3 Å². The molecule has 1 heterocycles. The van der Waals surface area contributed by atoms with Crippen LogP contribution in [0.4, 0.5) is 0 Å². The highest BCUT2D eigenvalue weighted by Crippen LogP contribution is 2.38. The summed E-state index contributed by atoms with van der Waals surface area (Å²) in [6.07, 6.45) is 0.735. The van der Waals surface area contributed by atoms with Crippen LogP contribution in [0, 0.1) is 0 Å². The van der Waals surface area contributed by atoms with Crippen molar-refractivity contribution in [3.05, 3.63) is 12.1 Å². The molecule has 0 spiro atoms. The number of hydrogen-bond donors (Lipinski definition) is 0. The average Bonchev–Trinajstić information content (AvgIpc) is 2.22. The van der Waals surface area contributed by atoms with Gasteiger partial charge in [-0.15, -0.1) is 18.2 Å². The van der Waals surface area contributed by atoms with E-state index in [4.69, 9.17) is 20.9 Å². The second-order valence-corrected chi connectivity index (χ2v) is 5.06. The SMILES string of the molecule is C=C(CCCl)B1OC(C)(C)C(C)(C)O1. The van der Waals surface area contributed by atoms with Crippen molar-refractivity contribution in [3.63, 3.8) is 0 Å². The highest BCUT2D eigenvalue weighted by molar-refractivity contribution is 6.54. The number of rotatable bonds is 3. The quantitative estimate of drug-likeness (QED) is 0.533. The Hall–Kier alpha value is 0.0149. The zero-order valence-corrected chi connectivity index (χ0v) is 10.1. The lowest BCUT2D eigenvalue weighted by atomic mass is 9.78. The number of alkyl halides is 1. The minimum absolute atomic E-state index is 0.285. The summed E-state index contributed by atoms with van der Waals surface area (Å²) in [5, 5.41) is 0. The number of allylic oxidation sites excluding steroid dienone is 1. The largest absolute Gasteiger partial charge is 0.489 e. The topological polar surface area (TPSA) is 18.5 Å². The maximum Gasteiger partial charge on any atom is 0.489 e. The molecule has 0 aromatic rings. The van der Waals surface area contributed by atoms with Crippen LogP contribution in [0.15, 0.2) is 12.1 Å². The molecular weight excluding hydrogens is 198 g/mol. The van der Waals surface area contributed by atoms with Gasteiger partial charge < -0.3 is 9.31 Å². The fourth-order valence-corrected chi connectivity index (χ4v) is 1.49. The van der Waals surface area contributed by atoms with E-state index in [9.17, 15) is 0 Å². The van der Waals surface area contributed by atoms with E-state index in [1.807, 2.05) is 27.7 Å². The first-order valence-corrected chi connectivity index (χ1v) is 5.43. The van der Waals surface area contributed by atoms with Gasteiger partial charge in [-0.05, 0) is 39.6 Å². The van der Waals surface area contributed by atoms with Gasteiger partial charge in [-0.1, -0.05) is 0 Å². The van der Waals surface area contributed by atoms with Crippen LogP contribution >= 0.6 is 11.6 Å². The Labute approximate surface area is 91.8 Å². The van der Waals surface area contributed by atoms with Crippen molar-refractivity contribution < 1.29 is 9.31 Å². The molecule has 0 N–H and O–H groups in total. The average molecular weight is 217 g/mol. The van der Waals surface area contributed by atoms with Gasteiger partial charge in [0.2, 0.25) is 0 Å². The third-order valence-electron chi connectivity index (χ3n) is 3.00. The first-order chi connectivity index (χ1) is 6.30. The molecule has 1 saturated heterocycles. The lowest BCUT2D eigenvalue weighted by Crippen LogP contribution is -2.41. The Bertz CT molecular complexity index is 222. The summed E-state index contributed by atoms with van der Waals surface area (Å²) in [6, 6.07) is 0. The van der Waals surface area contributed by atoms with Gasteiger partial charge in [0.1, 0.15) is 0 Å². The summed E-state index contributed by atoms with van der Waals surface area (Å²) in [7, 11) is -0.307. The molecule has 0 atom stereocenters. The van der Waals surface area contributed by atoms with E-state index in [1.165, 1.54) is 0 Å². The first-order valence-electron chi connectivity index (χ1n) is 4.89. The van der Waals surface area contributed by atoms with Gasteiger partial charge in [-0.3, -0.25) is 0 Å². The Morgan fingerprint density at radius 1 is 1.21 bits per heavy atom. The molecule has 0 unspecified atom stereocenters. The van der Waals surface area contributed by atoms with Crippen molar-refractivity contribution in [2.45, 2.75) is 45.3 Å². The molecule has 0 amide bonds. The maximum atomic E-state index is 5.80. The van der Waals surface area contributed by atoms with E-state index in [0.29, 0.717) is 5.88 Å². The molecule has 0 bridgehead atoms. The Morgan fingerprint density at radius 2 is 1.64 bits per heavy atom. The maximum absolute atomic E-state index is 5.80. The summed E-state index contributed by atoms with van der Waals surface area (Å²) in [5.41, 5.74) is 0.346. The smallest absolute Gasteiger partial charge is 0.400 e. The first kappa shape index (κ1) is 12.1. The van der Waals surface area contributed by atoms with Gasteiger partial charge >= 0.3 is 7.12 Å². The van der Waals surface area contributed by atoms with Crippen LogP contribution < -0.4 is 0 Å². The predicted molar refractivity (Wildman–Crippen MR) is 60.6 cm³/mol. The molecule has 14 heavy (non-hydrogen) atoms. The van der Waals surface area contributed by atoms with Crippen molar-refractivity contribution in [2.24, 2.45) is 0 Å². The summed E-state index contributed by atoms with van der Waals surface area (Å²) < 4.78 is 11.6. The Balaban J connectivity index is 2.68. The molecule has 1 rings (SSSR count). The number of hydrogen-bond acceptors (Lipinski definition) is 2. The Morgan fingerprint density at radius 3 is 2.00 bits per heavy atom. The van der Waals surface area contributed by atoms with Gasteiger partial charge in [0.15, 0.2) is 0 Å². The van der Waals surface area contributed by atoms with Gasteiger partial charge in [0.05, 0.1) is 11.2 Å². The van der Waals surface area contributed by atoms with E-state index in [0.717, 1.165) is 11.9 Å². The van der Waals surface area contributed by atoms with Crippen LogP contribution in [-0.2, 0) is 9.31 Å². The van der Waals surface area contributed by atoms with Gasteiger partial charge in [0.25, 0.3) is 0 Å². The Kier molecular flexibility index (Phi) is 3.35. The molecular formula is C10H18BClO2. The molecule has 80 valence electrons. The summed E-state index contributed by atoms with van der Waals surface area (Å²) >= 11 is 5.65. The molecule has 0 radical (unpaired) electrons. The van der Waals surface area contributed by atoms with Gasteiger partial charge in [-0.25, -0.2) is 0 Å². The lowest BCUT2D eigenvalue weighted by molar-refractivity contribution is 0.00578. The van der Waals surface area contributed by atoms with Crippen LogP contribution in [0.3, 0.4) is 0 Å². The second-order valence-electron chi connectivity index (χ2n) is 4.69. The molecule has 0 aromatic heterocycles. The molecule has 1 fully saturated rings. The molecule has 2 nitrogen and oxygen atoms in total. The van der Waals surface area contributed by atoms with Gasteiger partial charge in [-0.2, -0.15) is 0 Å². The van der Waals surface area contributed by atoms with Crippen LogP contribution in [0.2, 0.25) is 0 Å². The fourth-order valence-electron chi connectivity index (χ4n) is 1.25.